The average Bonchev–Trinajstić information content (AvgIpc) is 2.37. The number of rotatable bonds is 4. The summed E-state index contributed by atoms with van der Waals surface area (Å²) < 4.78 is 6.21. The maximum absolute atomic E-state index is 11.7. The van der Waals surface area contributed by atoms with Crippen molar-refractivity contribution in [1.29, 1.82) is 0 Å². The van der Waals surface area contributed by atoms with E-state index in [0.29, 0.717) is 22.1 Å². The van der Waals surface area contributed by atoms with E-state index in [4.69, 9.17) is 22.1 Å². The Bertz CT molecular complexity index is 634. The predicted octanol–water partition coefficient (Wildman–Crippen LogP) is 3.70. The fourth-order valence-electron chi connectivity index (χ4n) is 1.55. The molecular formula is C14H12BrClN2O2. The van der Waals surface area contributed by atoms with Gasteiger partial charge in [0.15, 0.2) is 6.61 Å². The van der Waals surface area contributed by atoms with Gasteiger partial charge in [0.1, 0.15) is 5.75 Å². The number of anilines is 2. The van der Waals surface area contributed by atoms with Gasteiger partial charge in [0.05, 0.1) is 5.02 Å². The molecule has 0 aromatic heterocycles. The standard InChI is InChI=1S/C14H12BrClN2O2/c15-9-4-5-13(12(16)6-9)20-8-14(19)18-11-3-1-2-10(17)7-11/h1-7H,8,17H2,(H,18,19). The molecule has 2 rings (SSSR count). The van der Waals surface area contributed by atoms with Crippen molar-refractivity contribution in [2.24, 2.45) is 0 Å². The van der Waals surface area contributed by atoms with E-state index in [9.17, 15) is 4.79 Å². The number of nitrogens with one attached hydrogen (secondary N) is 1. The molecule has 0 saturated heterocycles. The van der Waals surface area contributed by atoms with Gasteiger partial charge in [0.2, 0.25) is 0 Å². The van der Waals surface area contributed by atoms with Crippen LogP contribution in [0.1, 0.15) is 0 Å². The second-order valence-electron chi connectivity index (χ2n) is 4.04. The molecular weight excluding hydrogens is 344 g/mol. The molecule has 0 radical (unpaired) electrons. The fourth-order valence-corrected chi connectivity index (χ4v) is 2.28. The molecule has 0 aliphatic heterocycles. The molecule has 20 heavy (non-hydrogen) atoms. The Morgan fingerprint density at radius 1 is 1.30 bits per heavy atom. The molecule has 1 amide bonds. The van der Waals surface area contributed by atoms with E-state index in [-0.39, 0.29) is 12.5 Å². The van der Waals surface area contributed by atoms with E-state index < -0.39 is 0 Å². The van der Waals surface area contributed by atoms with E-state index in [1.54, 1.807) is 42.5 Å². The maximum Gasteiger partial charge on any atom is 0.262 e. The zero-order valence-electron chi connectivity index (χ0n) is 10.4. The van der Waals surface area contributed by atoms with Gasteiger partial charge in [-0.3, -0.25) is 4.79 Å². The predicted molar refractivity (Wildman–Crippen MR) is 84.1 cm³/mol. The Hall–Kier alpha value is -1.72. The second kappa shape index (κ2) is 6.63. The van der Waals surface area contributed by atoms with Crippen molar-refractivity contribution in [2.45, 2.75) is 0 Å². The van der Waals surface area contributed by atoms with Crippen molar-refractivity contribution in [3.63, 3.8) is 0 Å². The average molecular weight is 356 g/mol. The van der Waals surface area contributed by atoms with Crippen LogP contribution in [0, 0.1) is 0 Å². The number of carbonyl (C=O) groups excluding carboxylic acids is 1. The van der Waals surface area contributed by atoms with Gasteiger partial charge in [-0.25, -0.2) is 0 Å². The summed E-state index contributed by atoms with van der Waals surface area (Å²) in [5.74, 6) is 0.173. The van der Waals surface area contributed by atoms with Gasteiger partial charge in [0.25, 0.3) is 5.91 Å². The first-order valence-electron chi connectivity index (χ1n) is 5.78. The van der Waals surface area contributed by atoms with Gasteiger partial charge in [-0.05, 0) is 36.4 Å². The highest BCUT2D eigenvalue weighted by atomic mass is 79.9. The summed E-state index contributed by atoms with van der Waals surface area (Å²) in [5.41, 5.74) is 6.84. The Labute approximate surface area is 130 Å². The zero-order valence-corrected chi connectivity index (χ0v) is 12.7. The lowest BCUT2D eigenvalue weighted by Gasteiger charge is -2.09. The lowest BCUT2D eigenvalue weighted by atomic mass is 10.3. The molecule has 0 unspecified atom stereocenters. The summed E-state index contributed by atoms with van der Waals surface area (Å²) in [6, 6.07) is 12.1. The molecule has 2 aromatic carbocycles. The molecule has 104 valence electrons. The molecule has 0 atom stereocenters. The van der Waals surface area contributed by atoms with Crippen LogP contribution >= 0.6 is 27.5 Å². The van der Waals surface area contributed by atoms with Crippen LogP contribution in [0.4, 0.5) is 11.4 Å². The molecule has 0 aliphatic carbocycles. The number of hydrogen-bond acceptors (Lipinski definition) is 3. The van der Waals surface area contributed by atoms with Crippen molar-refractivity contribution in [2.75, 3.05) is 17.7 Å². The quantitative estimate of drug-likeness (QED) is 0.822. The van der Waals surface area contributed by atoms with Crippen LogP contribution in [0.5, 0.6) is 5.75 Å². The minimum Gasteiger partial charge on any atom is -0.482 e. The van der Waals surface area contributed by atoms with E-state index >= 15 is 0 Å². The summed E-state index contributed by atoms with van der Waals surface area (Å²) in [4.78, 5) is 11.7. The minimum absolute atomic E-state index is 0.129. The number of ether oxygens (including phenoxy) is 1. The van der Waals surface area contributed by atoms with Crippen molar-refractivity contribution < 1.29 is 9.53 Å². The van der Waals surface area contributed by atoms with Crippen molar-refractivity contribution in [3.05, 3.63) is 52.0 Å². The lowest BCUT2D eigenvalue weighted by molar-refractivity contribution is -0.118. The van der Waals surface area contributed by atoms with Crippen molar-refractivity contribution in [1.82, 2.24) is 0 Å². The number of halogens is 2. The second-order valence-corrected chi connectivity index (χ2v) is 5.36. The first kappa shape index (κ1) is 14.7. The molecule has 0 bridgehead atoms. The lowest BCUT2D eigenvalue weighted by Crippen LogP contribution is -2.20. The van der Waals surface area contributed by atoms with Gasteiger partial charge in [-0.15, -0.1) is 0 Å². The summed E-state index contributed by atoms with van der Waals surface area (Å²) in [6.07, 6.45) is 0. The number of benzene rings is 2. The van der Waals surface area contributed by atoms with E-state index in [1.165, 1.54) is 0 Å². The number of hydrogen-bond donors (Lipinski definition) is 2. The molecule has 0 fully saturated rings. The summed E-state index contributed by atoms with van der Waals surface area (Å²) >= 11 is 9.29. The Morgan fingerprint density at radius 2 is 2.10 bits per heavy atom. The third-order valence-corrected chi connectivity index (χ3v) is 3.21. The topological polar surface area (TPSA) is 64.3 Å². The third kappa shape index (κ3) is 4.15. The molecule has 6 heteroatoms. The fraction of sp³-hybridized carbons (Fsp3) is 0.0714. The van der Waals surface area contributed by atoms with E-state index in [2.05, 4.69) is 21.2 Å². The molecule has 0 aliphatic rings. The Balaban J connectivity index is 1.92. The highest BCUT2D eigenvalue weighted by Crippen LogP contribution is 2.27. The maximum atomic E-state index is 11.7. The highest BCUT2D eigenvalue weighted by Gasteiger charge is 2.07. The smallest absolute Gasteiger partial charge is 0.262 e. The Kier molecular flexibility index (Phi) is 4.87. The molecule has 3 N–H and O–H groups in total. The van der Waals surface area contributed by atoms with E-state index in [0.717, 1.165) is 4.47 Å². The minimum atomic E-state index is -0.283. The van der Waals surface area contributed by atoms with Crippen molar-refractivity contribution in [3.8, 4) is 5.75 Å². The number of carbonyl (C=O) groups is 1. The van der Waals surface area contributed by atoms with Crippen LogP contribution in [0.2, 0.25) is 5.02 Å². The largest absolute Gasteiger partial charge is 0.482 e. The number of nitrogen functional groups attached to an aromatic ring is 1. The molecule has 2 aromatic rings. The van der Waals surface area contributed by atoms with Gasteiger partial charge in [-0.2, -0.15) is 0 Å². The van der Waals surface area contributed by atoms with Crippen LogP contribution in [0.3, 0.4) is 0 Å². The zero-order chi connectivity index (χ0) is 14.5. The summed E-state index contributed by atoms with van der Waals surface area (Å²) in [7, 11) is 0. The van der Waals surface area contributed by atoms with Gasteiger partial charge in [-0.1, -0.05) is 33.6 Å². The molecule has 0 spiro atoms. The Morgan fingerprint density at radius 3 is 2.80 bits per heavy atom. The first-order valence-corrected chi connectivity index (χ1v) is 6.95. The molecule has 0 saturated carbocycles. The van der Waals surface area contributed by atoms with Gasteiger partial charge in [0, 0.05) is 15.8 Å². The van der Waals surface area contributed by atoms with Gasteiger partial charge >= 0.3 is 0 Å². The molecule has 4 nitrogen and oxygen atoms in total. The normalized spacial score (nSPS) is 10.1. The van der Waals surface area contributed by atoms with E-state index in [1.807, 2.05) is 0 Å². The third-order valence-electron chi connectivity index (χ3n) is 2.42. The van der Waals surface area contributed by atoms with Crippen LogP contribution in [0.15, 0.2) is 46.9 Å². The monoisotopic (exact) mass is 354 g/mol. The van der Waals surface area contributed by atoms with Crippen molar-refractivity contribution >= 4 is 44.8 Å². The number of amides is 1. The highest BCUT2D eigenvalue weighted by molar-refractivity contribution is 9.10. The van der Waals surface area contributed by atoms with Gasteiger partial charge < -0.3 is 15.8 Å². The SMILES string of the molecule is Nc1cccc(NC(=O)COc2ccc(Br)cc2Cl)c1. The summed E-state index contributed by atoms with van der Waals surface area (Å²) in [5, 5.41) is 3.13. The molecule has 0 heterocycles. The van der Waals surface area contributed by atoms with Crippen LogP contribution in [-0.4, -0.2) is 12.5 Å². The number of nitrogens with two attached hydrogens (primary N) is 1. The van der Waals surface area contributed by atoms with Crippen LogP contribution < -0.4 is 15.8 Å². The van der Waals surface area contributed by atoms with Crippen LogP contribution in [-0.2, 0) is 4.79 Å². The first-order chi connectivity index (χ1) is 9.54. The van der Waals surface area contributed by atoms with Crippen LogP contribution in [0.25, 0.3) is 0 Å². The summed E-state index contributed by atoms with van der Waals surface area (Å²) in [6.45, 7) is -0.129.